The maximum Gasteiger partial charge on any atom is 0.114 e. The van der Waals surface area contributed by atoms with Crippen molar-refractivity contribution in [2.45, 2.75) is 56.3 Å². The molecule has 0 aliphatic heterocycles. The van der Waals surface area contributed by atoms with E-state index in [1.165, 1.54) is 31.5 Å². The lowest BCUT2D eigenvalue weighted by molar-refractivity contribution is 0.430. The molecule has 1 aliphatic rings. The van der Waals surface area contributed by atoms with E-state index in [1.807, 2.05) is 6.20 Å². The van der Waals surface area contributed by atoms with Crippen LogP contribution in [0.2, 0.25) is 0 Å². The molecule has 1 fully saturated rings. The van der Waals surface area contributed by atoms with Gasteiger partial charge in [0.15, 0.2) is 0 Å². The summed E-state index contributed by atoms with van der Waals surface area (Å²) in [5.74, 6) is 1.28. The number of aromatic nitrogens is 2. The van der Waals surface area contributed by atoms with Gasteiger partial charge in [-0.05, 0) is 25.7 Å². The van der Waals surface area contributed by atoms with Gasteiger partial charge >= 0.3 is 0 Å². The molecule has 1 saturated carbocycles. The quantitative estimate of drug-likeness (QED) is 0.769. The van der Waals surface area contributed by atoms with E-state index in [0.29, 0.717) is 4.83 Å². The predicted molar refractivity (Wildman–Crippen MR) is 66.4 cm³/mol. The van der Waals surface area contributed by atoms with Crippen LogP contribution >= 0.6 is 15.9 Å². The zero-order valence-electron chi connectivity index (χ0n) is 9.54. The molecule has 1 aliphatic carbocycles. The van der Waals surface area contributed by atoms with Crippen molar-refractivity contribution in [3.63, 3.8) is 0 Å². The van der Waals surface area contributed by atoms with Crippen molar-refractivity contribution in [2.24, 2.45) is 0 Å². The smallest absolute Gasteiger partial charge is 0.114 e. The van der Waals surface area contributed by atoms with E-state index in [2.05, 4.69) is 45.5 Å². The van der Waals surface area contributed by atoms with Crippen LogP contribution in [-0.2, 0) is 12.0 Å². The van der Waals surface area contributed by atoms with E-state index >= 15 is 0 Å². The van der Waals surface area contributed by atoms with Gasteiger partial charge in [-0.3, -0.25) is 0 Å². The molecular formula is C12H19BrN2. The summed E-state index contributed by atoms with van der Waals surface area (Å²) in [5.41, 5.74) is 0.285. The molecule has 2 nitrogen and oxygen atoms in total. The van der Waals surface area contributed by atoms with Crippen molar-refractivity contribution in [1.29, 1.82) is 0 Å². The molecule has 2 rings (SSSR count). The lowest BCUT2D eigenvalue weighted by Gasteiger charge is -2.24. The number of halogens is 1. The molecular weight excluding hydrogens is 252 g/mol. The van der Waals surface area contributed by atoms with Crippen molar-refractivity contribution >= 4 is 15.9 Å². The van der Waals surface area contributed by atoms with Gasteiger partial charge in [0.25, 0.3) is 0 Å². The molecule has 0 spiro atoms. The first kappa shape index (κ1) is 11.2. The van der Waals surface area contributed by atoms with E-state index in [0.717, 1.165) is 6.54 Å². The average Bonchev–Trinajstić information content (AvgIpc) is 2.75. The average molecular weight is 271 g/mol. The summed E-state index contributed by atoms with van der Waals surface area (Å²) < 4.78 is 2.32. The normalized spacial score (nSPS) is 31.0. The summed E-state index contributed by atoms with van der Waals surface area (Å²) in [5, 5.41) is 0. The Morgan fingerprint density at radius 1 is 1.67 bits per heavy atom. The topological polar surface area (TPSA) is 17.8 Å². The molecule has 1 aromatic heterocycles. The maximum atomic E-state index is 4.57. The van der Waals surface area contributed by atoms with E-state index in [9.17, 15) is 0 Å². The minimum absolute atomic E-state index is 0.285. The molecule has 2 atom stereocenters. The SMILES string of the molecule is CCCn1ccnc1C1(C)CCC(Br)C1. The highest BCUT2D eigenvalue weighted by Gasteiger charge is 2.38. The van der Waals surface area contributed by atoms with Crippen LogP contribution in [0.5, 0.6) is 0 Å². The maximum absolute atomic E-state index is 4.57. The molecule has 0 aromatic carbocycles. The summed E-state index contributed by atoms with van der Waals surface area (Å²) in [6, 6.07) is 0. The van der Waals surface area contributed by atoms with Crippen LogP contribution in [0.15, 0.2) is 12.4 Å². The molecule has 0 amide bonds. The third-order valence-corrected chi connectivity index (χ3v) is 4.18. The van der Waals surface area contributed by atoms with Crippen LogP contribution in [0.4, 0.5) is 0 Å². The van der Waals surface area contributed by atoms with Crippen molar-refractivity contribution in [3.05, 3.63) is 18.2 Å². The fraction of sp³-hybridized carbons (Fsp3) is 0.750. The van der Waals surface area contributed by atoms with Crippen molar-refractivity contribution in [1.82, 2.24) is 9.55 Å². The zero-order valence-corrected chi connectivity index (χ0v) is 11.1. The summed E-state index contributed by atoms with van der Waals surface area (Å²) in [7, 11) is 0. The Bertz CT molecular complexity index is 334. The molecule has 15 heavy (non-hydrogen) atoms. The Balaban J connectivity index is 2.24. The first-order valence-corrected chi connectivity index (χ1v) is 6.73. The first-order valence-electron chi connectivity index (χ1n) is 5.81. The number of hydrogen-bond acceptors (Lipinski definition) is 1. The van der Waals surface area contributed by atoms with Crippen LogP contribution < -0.4 is 0 Å². The molecule has 0 bridgehead atoms. The highest BCUT2D eigenvalue weighted by Crippen LogP contribution is 2.42. The van der Waals surface area contributed by atoms with Gasteiger partial charge in [0.05, 0.1) is 0 Å². The molecule has 0 radical (unpaired) electrons. The Morgan fingerprint density at radius 2 is 2.47 bits per heavy atom. The fourth-order valence-electron chi connectivity index (χ4n) is 2.62. The monoisotopic (exact) mass is 270 g/mol. The van der Waals surface area contributed by atoms with Gasteiger partial charge in [0, 0.05) is 29.2 Å². The van der Waals surface area contributed by atoms with E-state index < -0.39 is 0 Å². The Hall–Kier alpha value is -0.310. The van der Waals surface area contributed by atoms with Crippen molar-refractivity contribution < 1.29 is 0 Å². The van der Waals surface area contributed by atoms with Gasteiger partial charge in [0.1, 0.15) is 5.82 Å². The minimum atomic E-state index is 0.285. The third kappa shape index (κ3) is 2.12. The van der Waals surface area contributed by atoms with E-state index in [1.54, 1.807) is 0 Å². The second-order valence-corrected chi connectivity index (χ2v) is 6.14. The van der Waals surface area contributed by atoms with Gasteiger partial charge in [-0.25, -0.2) is 4.98 Å². The number of nitrogens with zero attached hydrogens (tertiary/aromatic N) is 2. The lowest BCUT2D eigenvalue weighted by Crippen LogP contribution is -2.23. The van der Waals surface area contributed by atoms with E-state index in [-0.39, 0.29) is 5.41 Å². The van der Waals surface area contributed by atoms with Crippen LogP contribution in [0.1, 0.15) is 45.4 Å². The number of alkyl halides is 1. The number of aryl methyl sites for hydroxylation is 1. The third-order valence-electron chi connectivity index (χ3n) is 3.40. The summed E-state index contributed by atoms with van der Waals surface area (Å²) in [4.78, 5) is 5.24. The highest BCUT2D eigenvalue weighted by molar-refractivity contribution is 9.09. The Labute approximate surface area is 100 Å². The largest absolute Gasteiger partial charge is 0.334 e. The number of imidazole rings is 1. The van der Waals surface area contributed by atoms with Crippen molar-refractivity contribution in [2.75, 3.05) is 0 Å². The Kier molecular flexibility index (Phi) is 3.19. The summed E-state index contributed by atoms with van der Waals surface area (Å²) in [6.07, 6.45) is 8.98. The predicted octanol–water partition coefficient (Wildman–Crippen LogP) is 3.50. The van der Waals surface area contributed by atoms with Gasteiger partial charge in [-0.2, -0.15) is 0 Å². The first-order chi connectivity index (χ1) is 7.15. The summed E-state index contributed by atoms with van der Waals surface area (Å²) >= 11 is 3.73. The molecule has 0 saturated heterocycles. The van der Waals surface area contributed by atoms with Crippen molar-refractivity contribution in [3.8, 4) is 0 Å². The zero-order chi connectivity index (χ0) is 10.9. The number of rotatable bonds is 3. The van der Waals surface area contributed by atoms with Gasteiger partial charge in [-0.15, -0.1) is 0 Å². The number of hydrogen-bond donors (Lipinski definition) is 0. The fourth-order valence-corrected chi connectivity index (χ4v) is 3.57. The molecule has 1 aromatic rings. The van der Waals surface area contributed by atoms with Crippen LogP contribution in [0.3, 0.4) is 0 Å². The summed E-state index contributed by atoms with van der Waals surface area (Å²) in [6.45, 7) is 5.66. The molecule has 0 N–H and O–H groups in total. The van der Waals surface area contributed by atoms with Crippen LogP contribution in [0.25, 0.3) is 0 Å². The van der Waals surface area contributed by atoms with Crippen LogP contribution in [-0.4, -0.2) is 14.4 Å². The molecule has 2 unspecified atom stereocenters. The molecule has 84 valence electrons. The second kappa shape index (κ2) is 4.28. The Morgan fingerprint density at radius 3 is 3.07 bits per heavy atom. The van der Waals surface area contributed by atoms with Gasteiger partial charge in [-0.1, -0.05) is 29.8 Å². The van der Waals surface area contributed by atoms with Gasteiger partial charge < -0.3 is 4.57 Å². The second-order valence-electron chi connectivity index (χ2n) is 4.84. The molecule has 3 heteroatoms. The highest BCUT2D eigenvalue weighted by atomic mass is 79.9. The van der Waals surface area contributed by atoms with Crippen LogP contribution in [0, 0.1) is 0 Å². The van der Waals surface area contributed by atoms with Gasteiger partial charge in [0.2, 0.25) is 0 Å². The lowest BCUT2D eigenvalue weighted by atomic mass is 9.88. The standard InChI is InChI=1S/C12H19BrN2/c1-3-7-15-8-6-14-11(15)12(2)5-4-10(13)9-12/h6,8,10H,3-5,7,9H2,1-2H3. The van der Waals surface area contributed by atoms with E-state index in [4.69, 9.17) is 0 Å². The minimum Gasteiger partial charge on any atom is -0.334 e. The molecule has 1 heterocycles.